The minimum Gasteiger partial charge on any atom is -0.550 e. The fraction of sp³-hybridized carbons (Fsp3) is 0.333. The summed E-state index contributed by atoms with van der Waals surface area (Å²) in [6.45, 7) is 6.41. The van der Waals surface area contributed by atoms with Crippen molar-refractivity contribution in [1.29, 1.82) is 0 Å². The molecule has 5 heteroatoms. The van der Waals surface area contributed by atoms with Gasteiger partial charge in [-0.1, -0.05) is 26.0 Å². The van der Waals surface area contributed by atoms with E-state index in [4.69, 9.17) is 4.74 Å². The zero-order valence-corrected chi connectivity index (χ0v) is 15.2. The number of carboxylic acids is 1. The highest BCUT2D eigenvalue weighted by molar-refractivity contribution is 5.99. The highest BCUT2D eigenvalue weighted by Gasteiger charge is 2.31. The predicted molar refractivity (Wildman–Crippen MR) is 97.3 cm³/mol. The molecular formula is C21H22NO4-. The molecule has 5 nitrogen and oxygen atoms in total. The van der Waals surface area contributed by atoms with Gasteiger partial charge in [-0.25, -0.2) is 0 Å². The van der Waals surface area contributed by atoms with Crippen molar-refractivity contribution in [3.05, 3.63) is 53.6 Å². The third-order valence-electron chi connectivity index (χ3n) is 4.63. The van der Waals surface area contributed by atoms with Crippen LogP contribution in [0.5, 0.6) is 11.5 Å². The number of benzene rings is 2. The van der Waals surface area contributed by atoms with Crippen molar-refractivity contribution in [3.63, 3.8) is 0 Å². The topological polar surface area (TPSA) is 69.7 Å². The van der Waals surface area contributed by atoms with Crippen LogP contribution in [-0.2, 0) is 9.59 Å². The van der Waals surface area contributed by atoms with Gasteiger partial charge >= 0.3 is 0 Å². The van der Waals surface area contributed by atoms with E-state index in [1.807, 2.05) is 13.0 Å². The Hall–Kier alpha value is -2.82. The lowest BCUT2D eigenvalue weighted by molar-refractivity contribution is -0.310. The molecule has 1 heterocycles. The fourth-order valence-corrected chi connectivity index (χ4v) is 3.14. The number of amides is 1. The van der Waals surface area contributed by atoms with Crippen LogP contribution in [0, 0.1) is 12.8 Å². The Balaban J connectivity index is 1.78. The molecule has 0 unspecified atom stereocenters. The molecule has 26 heavy (non-hydrogen) atoms. The van der Waals surface area contributed by atoms with Crippen LogP contribution in [-0.4, -0.2) is 18.4 Å². The maximum Gasteiger partial charge on any atom is 0.227 e. The second-order valence-electron chi connectivity index (χ2n) is 7.02. The van der Waals surface area contributed by atoms with E-state index in [1.165, 1.54) is 4.90 Å². The smallest absolute Gasteiger partial charge is 0.227 e. The average Bonchev–Trinajstić information content (AvgIpc) is 2.97. The van der Waals surface area contributed by atoms with Crippen LogP contribution < -0.4 is 14.7 Å². The van der Waals surface area contributed by atoms with Crippen LogP contribution >= 0.6 is 0 Å². The molecule has 1 atom stereocenters. The average molecular weight is 352 g/mol. The lowest BCUT2D eigenvalue weighted by Gasteiger charge is -2.18. The first kappa shape index (κ1) is 18.0. The van der Waals surface area contributed by atoms with Crippen LogP contribution in [0.3, 0.4) is 0 Å². The molecule has 2 aromatic carbocycles. The largest absolute Gasteiger partial charge is 0.550 e. The maximum absolute atomic E-state index is 12.0. The van der Waals surface area contributed by atoms with Crippen LogP contribution in [0.25, 0.3) is 0 Å². The third kappa shape index (κ3) is 3.72. The first-order chi connectivity index (χ1) is 12.3. The Labute approximate surface area is 153 Å². The second-order valence-corrected chi connectivity index (χ2v) is 7.02. The van der Waals surface area contributed by atoms with E-state index in [9.17, 15) is 14.7 Å². The molecule has 1 saturated heterocycles. The summed E-state index contributed by atoms with van der Waals surface area (Å²) in [7, 11) is 0. The van der Waals surface area contributed by atoms with Crippen molar-refractivity contribution < 1.29 is 19.4 Å². The molecule has 0 N–H and O–H groups in total. The van der Waals surface area contributed by atoms with E-state index in [2.05, 4.69) is 26.0 Å². The van der Waals surface area contributed by atoms with Crippen LogP contribution in [0.1, 0.15) is 37.3 Å². The monoisotopic (exact) mass is 352 g/mol. The predicted octanol–water partition coefficient (Wildman–Crippen LogP) is 3.01. The maximum atomic E-state index is 12.0. The molecule has 3 rings (SSSR count). The van der Waals surface area contributed by atoms with Crippen molar-refractivity contribution in [2.24, 2.45) is 5.92 Å². The molecule has 1 fully saturated rings. The molecule has 1 aliphatic rings. The summed E-state index contributed by atoms with van der Waals surface area (Å²) in [5.74, 6) is -0.297. The molecule has 1 amide bonds. The summed E-state index contributed by atoms with van der Waals surface area (Å²) in [6.07, 6.45) is -0.0123. The lowest BCUT2D eigenvalue weighted by atomic mass is 10.0. The third-order valence-corrected chi connectivity index (χ3v) is 4.63. The Bertz CT molecular complexity index is 826. The normalized spacial score (nSPS) is 17.0. The Morgan fingerprint density at radius 3 is 2.46 bits per heavy atom. The zero-order valence-electron chi connectivity index (χ0n) is 15.2. The minimum atomic E-state index is -1.18. The minimum absolute atomic E-state index is 0.0123. The van der Waals surface area contributed by atoms with Crippen molar-refractivity contribution in [3.8, 4) is 11.5 Å². The number of ether oxygens (including phenoxy) is 1. The number of carboxylic acid groups (broad SMARTS) is 1. The number of carbonyl (C=O) groups is 2. The number of hydrogen-bond acceptors (Lipinski definition) is 4. The quantitative estimate of drug-likeness (QED) is 0.829. The van der Waals surface area contributed by atoms with E-state index in [-0.39, 0.29) is 18.9 Å². The highest BCUT2D eigenvalue weighted by atomic mass is 16.5. The molecule has 0 spiro atoms. The van der Waals surface area contributed by atoms with Crippen molar-refractivity contribution in [2.45, 2.75) is 33.1 Å². The van der Waals surface area contributed by atoms with E-state index in [0.29, 0.717) is 17.4 Å². The lowest BCUT2D eigenvalue weighted by Crippen LogP contribution is -2.33. The molecule has 2 aromatic rings. The number of aliphatic carboxylic acids is 1. The van der Waals surface area contributed by atoms with E-state index < -0.39 is 11.9 Å². The molecule has 0 radical (unpaired) electrons. The number of hydrogen-bond donors (Lipinski definition) is 0. The summed E-state index contributed by atoms with van der Waals surface area (Å²) in [6, 6.07) is 13.3. The summed E-state index contributed by atoms with van der Waals surface area (Å²) >= 11 is 0. The summed E-state index contributed by atoms with van der Waals surface area (Å²) < 4.78 is 6.05. The summed E-state index contributed by atoms with van der Waals surface area (Å²) in [5.41, 5.74) is 2.92. The molecular weight excluding hydrogens is 330 g/mol. The molecule has 1 aliphatic heterocycles. The van der Waals surface area contributed by atoms with Gasteiger partial charge < -0.3 is 19.5 Å². The number of rotatable bonds is 5. The Morgan fingerprint density at radius 1 is 1.19 bits per heavy atom. The van der Waals surface area contributed by atoms with Crippen molar-refractivity contribution >= 4 is 17.6 Å². The van der Waals surface area contributed by atoms with Gasteiger partial charge in [0.25, 0.3) is 0 Å². The molecule has 0 bridgehead atoms. The summed E-state index contributed by atoms with van der Waals surface area (Å²) in [4.78, 5) is 24.5. The summed E-state index contributed by atoms with van der Waals surface area (Å²) in [5, 5.41) is 11.0. The van der Waals surface area contributed by atoms with Gasteiger partial charge in [0.1, 0.15) is 11.5 Å². The van der Waals surface area contributed by atoms with Crippen molar-refractivity contribution in [2.75, 3.05) is 11.4 Å². The van der Waals surface area contributed by atoms with E-state index in [1.54, 1.807) is 24.3 Å². The van der Waals surface area contributed by atoms with E-state index in [0.717, 1.165) is 16.9 Å². The van der Waals surface area contributed by atoms with Gasteiger partial charge in [-0.05, 0) is 54.3 Å². The van der Waals surface area contributed by atoms with Gasteiger partial charge in [0.15, 0.2) is 0 Å². The van der Waals surface area contributed by atoms with E-state index >= 15 is 0 Å². The zero-order chi connectivity index (χ0) is 18.8. The molecule has 0 aliphatic carbocycles. The van der Waals surface area contributed by atoms with Gasteiger partial charge in [0, 0.05) is 30.5 Å². The van der Waals surface area contributed by atoms with Gasteiger partial charge in [-0.2, -0.15) is 0 Å². The number of carbonyl (C=O) groups excluding carboxylic acids is 2. The van der Waals surface area contributed by atoms with Crippen molar-refractivity contribution in [1.82, 2.24) is 0 Å². The van der Waals surface area contributed by atoms with Crippen LogP contribution in [0.15, 0.2) is 42.5 Å². The van der Waals surface area contributed by atoms with Gasteiger partial charge in [0.2, 0.25) is 5.91 Å². The highest BCUT2D eigenvalue weighted by Crippen LogP contribution is 2.33. The second kappa shape index (κ2) is 7.20. The first-order valence-electron chi connectivity index (χ1n) is 8.75. The van der Waals surface area contributed by atoms with Crippen LogP contribution in [0.2, 0.25) is 0 Å². The Morgan fingerprint density at radius 2 is 1.88 bits per heavy atom. The molecule has 0 aromatic heterocycles. The van der Waals surface area contributed by atoms with Crippen LogP contribution in [0.4, 0.5) is 5.69 Å². The molecule has 0 saturated carbocycles. The Kier molecular flexibility index (Phi) is 4.98. The number of nitrogens with zero attached hydrogens (tertiary/aromatic N) is 1. The fourth-order valence-electron chi connectivity index (χ4n) is 3.14. The standard InChI is InChI=1S/C21H23NO4/c1-13(2)18-9-4-14(3)10-19(18)26-17-7-5-16(6-8-17)22-12-15(21(24)25)11-20(22)23/h4-10,13,15H,11-12H2,1-3H3,(H,24,25)/p-1/t15-/m0/s1. The number of anilines is 1. The first-order valence-corrected chi connectivity index (χ1v) is 8.75. The number of aryl methyl sites for hydroxylation is 1. The molecule has 136 valence electrons. The van der Waals surface area contributed by atoms with Gasteiger partial charge in [-0.15, -0.1) is 0 Å². The van der Waals surface area contributed by atoms with Gasteiger partial charge in [-0.3, -0.25) is 4.79 Å². The SMILES string of the molecule is Cc1ccc(C(C)C)c(Oc2ccc(N3C[C@@H](C(=O)[O-])CC3=O)cc2)c1. The van der Waals surface area contributed by atoms with Gasteiger partial charge in [0.05, 0.1) is 0 Å².